The van der Waals surface area contributed by atoms with E-state index in [2.05, 4.69) is 10.6 Å². The van der Waals surface area contributed by atoms with E-state index in [0.29, 0.717) is 25.1 Å². The Morgan fingerprint density at radius 2 is 1.73 bits per heavy atom. The van der Waals surface area contributed by atoms with E-state index in [1.807, 2.05) is 0 Å². The highest BCUT2D eigenvalue weighted by atomic mass is 32.2. The second-order valence-electron chi connectivity index (χ2n) is 6.32. The normalized spacial score (nSPS) is 17.5. The molecule has 1 heterocycles. The lowest BCUT2D eigenvalue weighted by Gasteiger charge is -2.22. The van der Waals surface area contributed by atoms with Crippen LogP contribution >= 0.6 is 0 Å². The van der Waals surface area contributed by atoms with Crippen molar-refractivity contribution in [3.05, 3.63) is 23.8 Å². The Kier molecular flexibility index (Phi) is 8.25. The van der Waals surface area contributed by atoms with Gasteiger partial charge in [-0.05, 0) is 37.6 Å². The van der Waals surface area contributed by atoms with Gasteiger partial charge in [0.05, 0.1) is 22.1 Å². The minimum Gasteiger partial charge on any atom is -0.475 e. The number of carbonyl (C=O) groups excluding carboxylic acids is 1. The summed E-state index contributed by atoms with van der Waals surface area (Å²) in [5.74, 6) is -3.64. The number of carboxylic acids is 1. The van der Waals surface area contributed by atoms with Crippen molar-refractivity contribution in [3.63, 3.8) is 0 Å². The van der Waals surface area contributed by atoms with E-state index in [9.17, 15) is 39.6 Å². The van der Waals surface area contributed by atoms with Gasteiger partial charge in [-0.25, -0.2) is 13.2 Å². The van der Waals surface area contributed by atoms with Crippen molar-refractivity contribution in [2.24, 2.45) is 5.92 Å². The number of benzene rings is 1. The molecule has 0 spiro atoms. The van der Waals surface area contributed by atoms with Crippen molar-refractivity contribution in [2.75, 3.05) is 24.7 Å². The topological polar surface area (TPSA) is 113 Å². The Balaban J connectivity index is 0.000000553. The summed E-state index contributed by atoms with van der Waals surface area (Å²) in [6.07, 6.45) is -7.44. The Hall–Kier alpha value is -2.35. The van der Waals surface area contributed by atoms with Crippen LogP contribution in [0.2, 0.25) is 0 Å². The van der Waals surface area contributed by atoms with Gasteiger partial charge >= 0.3 is 18.3 Å². The van der Waals surface area contributed by atoms with Crippen LogP contribution in [-0.2, 0) is 25.6 Å². The number of carbonyl (C=O) groups is 2. The van der Waals surface area contributed by atoms with E-state index < -0.39 is 45.5 Å². The Bertz CT molecular complexity index is 877. The first kappa shape index (κ1) is 25.7. The number of alkyl halides is 6. The predicted octanol–water partition coefficient (Wildman–Crippen LogP) is 2.68. The maximum Gasteiger partial charge on any atom is 0.490 e. The molecule has 30 heavy (non-hydrogen) atoms. The molecule has 0 radical (unpaired) electrons. The highest BCUT2D eigenvalue weighted by Gasteiger charge is 2.38. The zero-order chi connectivity index (χ0) is 23.3. The van der Waals surface area contributed by atoms with Gasteiger partial charge in [0.15, 0.2) is 9.84 Å². The lowest BCUT2D eigenvalue weighted by atomic mass is 9.98. The molecule has 1 aliphatic rings. The molecule has 1 saturated heterocycles. The molecule has 1 aromatic carbocycles. The van der Waals surface area contributed by atoms with Crippen LogP contribution in [0.1, 0.15) is 18.4 Å². The molecule has 1 unspecified atom stereocenters. The van der Waals surface area contributed by atoms with Gasteiger partial charge in [0, 0.05) is 12.8 Å². The number of aliphatic carboxylic acids is 1. The minimum absolute atomic E-state index is 0.331. The fraction of sp³-hybridized carbons (Fsp3) is 0.500. The molecule has 0 saturated carbocycles. The number of hydrogen-bond acceptors (Lipinski definition) is 5. The third kappa shape index (κ3) is 7.82. The summed E-state index contributed by atoms with van der Waals surface area (Å²) in [4.78, 5) is 20.7. The van der Waals surface area contributed by atoms with E-state index in [-0.39, 0.29) is 10.6 Å². The molecule has 7 nitrogen and oxygen atoms in total. The van der Waals surface area contributed by atoms with Crippen molar-refractivity contribution in [2.45, 2.75) is 30.1 Å². The predicted molar refractivity (Wildman–Crippen MR) is 92.5 cm³/mol. The number of amides is 1. The van der Waals surface area contributed by atoms with E-state index >= 15 is 0 Å². The number of hydrogen-bond donors (Lipinski definition) is 3. The van der Waals surface area contributed by atoms with Crippen LogP contribution in [0.5, 0.6) is 0 Å². The van der Waals surface area contributed by atoms with Crippen molar-refractivity contribution in [1.82, 2.24) is 5.32 Å². The van der Waals surface area contributed by atoms with Crippen LogP contribution in [0.4, 0.5) is 32.0 Å². The molecular formula is C16H18F6N2O5S. The average Bonchev–Trinajstić information content (AvgIpc) is 2.60. The largest absolute Gasteiger partial charge is 0.490 e. The van der Waals surface area contributed by atoms with Gasteiger partial charge in [-0.1, -0.05) is 0 Å². The number of halogens is 6. The van der Waals surface area contributed by atoms with Crippen LogP contribution in [0.25, 0.3) is 0 Å². The molecule has 1 atom stereocenters. The third-order valence-corrected chi connectivity index (χ3v) is 5.03. The van der Waals surface area contributed by atoms with Gasteiger partial charge in [0.1, 0.15) is 0 Å². The van der Waals surface area contributed by atoms with Crippen molar-refractivity contribution >= 4 is 27.4 Å². The molecule has 0 aromatic heterocycles. The molecule has 2 rings (SSSR count). The number of nitrogens with one attached hydrogen (secondary N) is 2. The molecule has 1 fully saturated rings. The maximum atomic E-state index is 12.8. The monoisotopic (exact) mass is 464 g/mol. The van der Waals surface area contributed by atoms with Crippen molar-refractivity contribution < 1.29 is 49.5 Å². The number of sulfone groups is 1. The highest BCUT2D eigenvalue weighted by Crippen LogP contribution is 2.34. The van der Waals surface area contributed by atoms with Crippen LogP contribution in [0, 0.1) is 5.92 Å². The Morgan fingerprint density at radius 3 is 2.13 bits per heavy atom. The Labute approximate surface area is 167 Å². The number of piperidine rings is 1. The zero-order valence-electron chi connectivity index (χ0n) is 15.4. The van der Waals surface area contributed by atoms with Crippen LogP contribution < -0.4 is 10.6 Å². The van der Waals surface area contributed by atoms with Crippen LogP contribution in [-0.4, -0.2) is 50.9 Å². The highest BCUT2D eigenvalue weighted by molar-refractivity contribution is 7.90. The average molecular weight is 464 g/mol. The first-order chi connectivity index (χ1) is 13.5. The summed E-state index contributed by atoms with van der Waals surface area (Å²) in [5, 5.41) is 12.5. The first-order valence-electron chi connectivity index (χ1n) is 8.26. The van der Waals surface area contributed by atoms with Gasteiger partial charge in [0.2, 0.25) is 5.91 Å². The third-order valence-electron chi connectivity index (χ3n) is 3.87. The quantitative estimate of drug-likeness (QED) is 0.593. The second kappa shape index (κ2) is 9.64. The summed E-state index contributed by atoms with van der Waals surface area (Å²) in [6, 6.07) is 2.21. The molecule has 1 aliphatic heterocycles. The molecule has 3 N–H and O–H groups in total. The van der Waals surface area contributed by atoms with E-state index in [0.717, 1.165) is 25.3 Å². The first-order valence-corrected chi connectivity index (χ1v) is 10.2. The molecule has 0 aliphatic carbocycles. The smallest absolute Gasteiger partial charge is 0.475 e. The van der Waals surface area contributed by atoms with Gasteiger partial charge in [-0.15, -0.1) is 0 Å². The summed E-state index contributed by atoms with van der Waals surface area (Å²) in [6.45, 7) is 1.20. The number of rotatable bonds is 3. The maximum absolute atomic E-state index is 12.8. The summed E-state index contributed by atoms with van der Waals surface area (Å²) in [7, 11) is -3.77. The van der Waals surface area contributed by atoms with Gasteiger partial charge in [-0.2, -0.15) is 26.3 Å². The standard InChI is InChI=1S/C14H17F3N2O3S.C2HF3O2/c1-23(21,22)12-5-4-10(14(15,16)17)7-11(12)19-13(20)9-3-2-6-18-8-9;3-2(4,5)1(6)7/h4-5,7,9,18H,2-3,6,8H2,1H3,(H,19,20);(H,6,7). The lowest BCUT2D eigenvalue weighted by molar-refractivity contribution is -0.192. The number of carboxylic acid groups (broad SMARTS) is 1. The molecule has 14 heteroatoms. The second-order valence-corrected chi connectivity index (χ2v) is 8.30. The van der Waals surface area contributed by atoms with E-state index in [4.69, 9.17) is 9.90 Å². The minimum atomic E-state index is -5.08. The summed E-state index contributed by atoms with van der Waals surface area (Å²) in [5.41, 5.74) is -1.35. The van der Waals surface area contributed by atoms with E-state index in [1.54, 1.807) is 0 Å². The molecule has 170 valence electrons. The van der Waals surface area contributed by atoms with E-state index in [1.165, 1.54) is 0 Å². The van der Waals surface area contributed by atoms with Crippen LogP contribution in [0.15, 0.2) is 23.1 Å². The molecule has 1 amide bonds. The number of anilines is 1. The zero-order valence-corrected chi connectivity index (χ0v) is 16.2. The molecular weight excluding hydrogens is 446 g/mol. The summed E-state index contributed by atoms with van der Waals surface area (Å²) < 4.78 is 93.6. The Morgan fingerprint density at radius 1 is 1.17 bits per heavy atom. The van der Waals surface area contributed by atoms with Gasteiger partial charge in [-0.3, -0.25) is 4.79 Å². The van der Waals surface area contributed by atoms with Crippen LogP contribution in [0.3, 0.4) is 0 Å². The SMILES string of the molecule is CS(=O)(=O)c1ccc(C(F)(F)F)cc1NC(=O)C1CCCNC1.O=C(O)C(F)(F)F. The fourth-order valence-corrected chi connectivity index (χ4v) is 3.26. The van der Waals surface area contributed by atoms with Crippen molar-refractivity contribution in [1.29, 1.82) is 0 Å². The van der Waals surface area contributed by atoms with Gasteiger partial charge < -0.3 is 15.7 Å². The van der Waals surface area contributed by atoms with Crippen molar-refractivity contribution in [3.8, 4) is 0 Å². The lowest BCUT2D eigenvalue weighted by Crippen LogP contribution is -2.37. The molecule has 0 bridgehead atoms. The van der Waals surface area contributed by atoms with Gasteiger partial charge in [0.25, 0.3) is 0 Å². The molecule has 1 aromatic rings. The fourth-order valence-electron chi connectivity index (χ4n) is 2.44. The summed E-state index contributed by atoms with van der Waals surface area (Å²) >= 11 is 0.